The molecule has 3 aromatic rings. The number of likely N-dealkylation sites (N-methyl/N-ethyl adjacent to an activating group) is 1. The molecule has 156 valence electrons. The average molecular weight is 431 g/mol. The Kier molecular flexibility index (Phi) is 6.73. The predicted molar refractivity (Wildman–Crippen MR) is 111 cm³/mol. The highest BCUT2D eigenvalue weighted by atomic mass is 32.1. The highest BCUT2D eigenvalue weighted by molar-refractivity contribution is 7.13. The van der Waals surface area contributed by atoms with E-state index in [0.29, 0.717) is 10.8 Å². The van der Waals surface area contributed by atoms with Crippen molar-refractivity contribution in [1.29, 1.82) is 0 Å². The van der Waals surface area contributed by atoms with Crippen molar-refractivity contribution in [3.63, 3.8) is 0 Å². The van der Waals surface area contributed by atoms with Crippen molar-refractivity contribution in [2.75, 3.05) is 25.5 Å². The van der Waals surface area contributed by atoms with Crippen LogP contribution in [0.15, 0.2) is 47.8 Å². The number of aromatic nitrogens is 1. The van der Waals surface area contributed by atoms with E-state index in [2.05, 4.69) is 10.3 Å². The molecule has 0 bridgehead atoms. The number of para-hydroxylation sites is 1. The monoisotopic (exact) mass is 431 g/mol. The molecule has 2 aromatic carbocycles. The van der Waals surface area contributed by atoms with Crippen LogP contribution in [0.2, 0.25) is 0 Å². The minimum atomic E-state index is -0.888. The number of nitrogens with one attached hydrogen (secondary N) is 1. The third-order valence-electron chi connectivity index (χ3n) is 4.29. The quantitative estimate of drug-likeness (QED) is 0.609. The van der Waals surface area contributed by atoms with Crippen molar-refractivity contribution in [2.45, 2.75) is 6.92 Å². The molecule has 6 nitrogen and oxygen atoms in total. The molecular formula is C21H19F2N3O3S. The van der Waals surface area contributed by atoms with Gasteiger partial charge in [0, 0.05) is 17.5 Å². The number of anilines is 1. The Hall–Kier alpha value is -3.33. The molecule has 0 aliphatic heterocycles. The van der Waals surface area contributed by atoms with Gasteiger partial charge in [-0.2, -0.15) is 0 Å². The summed E-state index contributed by atoms with van der Waals surface area (Å²) >= 11 is 1.30. The Morgan fingerprint density at radius 3 is 2.40 bits per heavy atom. The Balaban J connectivity index is 1.70. The Morgan fingerprint density at radius 1 is 1.13 bits per heavy atom. The lowest BCUT2D eigenvalue weighted by Crippen LogP contribution is -2.38. The third-order valence-corrected chi connectivity index (χ3v) is 5.18. The number of hydrogen-bond donors (Lipinski definition) is 1. The topological polar surface area (TPSA) is 71.5 Å². The number of thiazole rings is 1. The molecule has 2 amide bonds. The van der Waals surface area contributed by atoms with Gasteiger partial charge in [-0.05, 0) is 43.3 Å². The smallest absolute Gasteiger partial charge is 0.273 e. The second-order valence-electron chi connectivity index (χ2n) is 6.23. The fourth-order valence-corrected chi connectivity index (χ4v) is 3.50. The molecule has 0 fully saturated rings. The summed E-state index contributed by atoms with van der Waals surface area (Å²) in [6.45, 7) is 1.56. The maximum Gasteiger partial charge on any atom is 0.273 e. The summed E-state index contributed by atoms with van der Waals surface area (Å²) in [7, 11) is 1.57. The average Bonchev–Trinajstić information content (AvgIpc) is 3.24. The van der Waals surface area contributed by atoms with Crippen molar-refractivity contribution in [2.24, 2.45) is 0 Å². The first kappa shape index (κ1) is 21.4. The molecule has 1 heterocycles. The number of hydrogen-bond acceptors (Lipinski definition) is 5. The van der Waals surface area contributed by atoms with Crippen LogP contribution in [0.1, 0.15) is 17.4 Å². The van der Waals surface area contributed by atoms with E-state index in [1.54, 1.807) is 31.5 Å². The van der Waals surface area contributed by atoms with Crippen LogP contribution in [0.5, 0.6) is 5.75 Å². The Bertz CT molecular complexity index is 1030. The number of rotatable bonds is 7. The van der Waals surface area contributed by atoms with Crippen molar-refractivity contribution in [1.82, 2.24) is 9.88 Å². The molecule has 0 aliphatic rings. The number of carbonyl (C=O) groups is 2. The van der Waals surface area contributed by atoms with Crippen LogP contribution in [0.4, 0.5) is 14.5 Å². The van der Waals surface area contributed by atoms with Crippen molar-refractivity contribution < 1.29 is 23.1 Å². The fraction of sp³-hybridized carbons (Fsp3) is 0.190. The normalized spacial score (nSPS) is 10.5. The highest BCUT2D eigenvalue weighted by Gasteiger charge is 2.21. The molecule has 0 saturated carbocycles. The van der Waals surface area contributed by atoms with Gasteiger partial charge in [-0.15, -0.1) is 11.3 Å². The van der Waals surface area contributed by atoms with Crippen LogP contribution in [0.3, 0.4) is 0 Å². The van der Waals surface area contributed by atoms with E-state index in [9.17, 15) is 18.4 Å². The summed E-state index contributed by atoms with van der Waals surface area (Å²) in [4.78, 5) is 30.6. The van der Waals surface area contributed by atoms with Crippen LogP contribution in [-0.2, 0) is 4.79 Å². The molecule has 1 N–H and O–H groups in total. The third kappa shape index (κ3) is 4.80. The standard InChI is InChI=1S/C21H19F2N3O3S/c1-3-26(11-18(27)25-19-15(22)5-4-6-16(19)23)21(28)17-12-30-20(24-17)13-7-9-14(29-2)10-8-13/h4-10,12H,3,11H2,1-2H3,(H,25,27). The van der Waals surface area contributed by atoms with E-state index >= 15 is 0 Å². The molecule has 0 spiro atoms. The molecular weight excluding hydrogens is 412 g/mol. The van der Waals surface area contributed by atoms with Crippen LogP contribution >= 0.6 is 11.3 Å². The largest absolute Gasteiger partial charge is 0.497 e. The molecule has 0 saturated heterocycles. The van der Waals surface area contributed by atoms with Gasteiger partial charge in [0.05, 0.1) is 7.11 Å². The van der Waals surface area contributed by atoms with Gasteiger partial charge < -0.3 is 15.0 Å². The molecule has 0 atom stereocenters. The molecule has 0 aliphatic carbocycles. The first-order valence-corrected chi connectivity index (χ1v) is 9.94. The molecule has 0 unspecified atom stereocenters. The number of methoxy groups -OCH3 is 1. The second-order valence-corrected chi connectivity index (χ2v) is 7.09. The summed E-state index contributed by atoms with van der Waals surface area (Å²) < 4.78 is 32.6. The first-order valence-electron chi connectivity index (χ1n) is 9.06. The van der Waals surface area contributed by atoms with Crippen molar-refractivity contribution in [3.8, 4) is 16.3 Å². The van der Waals surface area contributed by atoms with Crippen LogP contribution in [0.25, 0.3) is 10.6 Å². The van der Waals surface area contributed by atoms with Gasteiger partial charge >= 0.3 is 0 Å². The predicted octanol–water partition coefficient (Wildman–Crippen LogP) is 4.20. The molecule has 0 radical (unpaired) electrons. The summed E-state index contributed by atoms with van der Waals surface area (Å²) in [5, 5.41) is 4.44. The van der Waals surface area contributed by atoms with E-state index in [0.717, 1.165) is 17.7 Å². The van der Waals surface area contributed by atoms with Gasteiger partial charge in [0.25, 0.3) is 5.91 Å². The summed E-state index contributed by atoms with van der Waals surface area (Å²) in [5.74, 6) is -2.22. The summed E-state index contributed by atoms with van der Waals surface area (Å²) in [6, 6.07) is 10.5. The minimum Gasteiger partial charge on any atom is -0.497 e. The minimum absolute atomic E-state index is 0.192. The number of benzene rings is 2. The number of halogens is 2. The van der Waals surface area contributed by atoms with E-state index in [1.807, 2.05) is 12.1 Å². The maximum atomic E-state index is 13.7. The molecule has 1 aromatic heterocycles. The number of nitrogens with zero attached hydrogens (tertiary/aromatic N) is 2. The van der Waals surface area contributed by atoms with Gasteiger partial charge in [-0.25, -0.2) is 13.8 Å². The molecule has 9 heteroatoms. The van der Waals surface area contributed by atoms with Crippen molar-refractivity contribution in [3.05, 3.63) is 65.2 Å². The maximum absolute atomic E-state index is 13.7. The zero-order valence-corrected chi connectivity index (χ0v) is 17.1. The molecule has 30 heavy (non-hydrogen) atoms. The van der Waals surface area contributed by atoms with E-state index < -0.39 is 29.1 Å². The SMILES string of the molecule is CCN(CC(=O)Nc1c(F)cccc1F)C(=O)c1csc(-c2ccc(OC)cc2)n1. The molecule has 3 rings (SSSR count). The lowest BCUT2D eigenvalue weighted by Gasteiger charge is -2.19. The number of amides is 2. The zero-order valence-electron chi connectivity index (χ0n) is 16.3. The van der Waals surface area contributed by atoms with Crippen LogP contribution in [0, 0.1) is 11.6 Å². The zero-order chi connectivity index (χ0) is 21.7. The van der Waals surface area contributed by atoms with Crippen molar-refractivity contribution >= 4 is 28.8 Å². The van der Waals surface area contributed by atoms with Gasteiger partial charge in [0.2, 0.25) is 5.91 Å². The lowest BCUT2D eigenvalue weighted by molar-refractivity contribution is -0.116. The van der Waals surface area contributed by atoms with Gasteiger partial charge in [-0.3, -0.25) is 9.59 Å². The van der Waals surface area contributed by atoms with Gasteiger partial charge in [-0.1, -0.05) is 6.07 Å². The summed E-state index contributed by atoms with van der Waals surface area (Å²) in [5.41, 5.74) is 0.481. The Morgan fingerprint density at radius 2 is 1.80 bits per heavy atom. The first-order chi connectivity index (χ1) is 14.4. The highest BCUT2D eigenvalue weighted by Crippen LogP contribution is 2.26. The van der Waals surface area contributed by atoms with E-state index in [-0.39, 0.29) is 18.8 Å². The van der Waals surface area contributed by atoms with E-state index in [4.69, 9.17) is 4.74 Å². The summed E-state index contributed by atoms with van der Waals surface area (Å²) in [6.07, 6.45) is 0. The Labute approximate surface area is 176 Å². The lowest BCUT2D eigenvalue weighted by atomic mass is 10.2. The van der Waals surface area contributed by atoms with E-state index in [1.165, 1.54) is 22.3 Å². The fourth-order valence-electron chi connectivity index (χ4n) is 2.70. The number of carbonyl (C=O) groups excluding carboxylic acids is 2. The van der Waals surface area contributed by atoms with Crippen LogP contribution in [-0.4, -0.2) is 41.9 Å². The number of ether oxygens (including phenoxy) is 1. The van der Waals surface area contributed by atoms with Crippen LogP contribution < -0.4 is 10.1 Å². The second kappa shape index (κ2) is 9.45. The van der Waals surface area contributed by atoms with Gasteiger partial charge in [0.15, 0.2) is 0 Å². The van der Waals surface area contributed by atoms with Gasteiger partial charge in [0.1, 0.15) is 40.3 Å².